The van der Waals surface area contributed by atoms with E-state index in [4.69, 9.17) is 4.74 Å². The van der Waals surface area contributed by atoms with E-state index in [0.29, 0.717) is 5.69 Å². The molecule has 0 aromatic heterocycles. The Labute approximate surface area is 132 Å². The van der Waals surface area contributed by atoms with E-state index >= 15 is 0 Å². The Bertz CT molecular complexity index is 731. The van der Waals surface area contributed by atoms with E-state index < -0.39 is 28.4 Å². The fourth-order valence-corrected chi connectivity index (χ4v) is 1.86. The average Bonchev–Trinajstić information content (AvgIpc) is 2.49. The van der Waals surface area contributed by atoms with Gasteiger partial charge in [-0.05, 0) is 32.0 Å². The molecule has 6 nitrogen and oxygen atoms in total. The van der Waals surface area contributed by atoms with E-state index in [1.165, 1.54) is 6.92 Å². The van der Waals surface area contributed by atoms with Crippen LogP contribution in [0.25, 0.3) is 0 Å². The Morgan fingerprint density at radius 2 is 1.91 bits per heavy atom. The topological polar surface area (TPSA) is 81.5 Å². The number of anilines is 1. The number of aryl methyl sites for hydroxylation is 1. The summed E-state index contributed by atoms with van der Waals surface area (Å²) in [6.45, 7) is 3.35. The molecule has 0 heterocycles. The summed E-state index contributed by atoms with van der Waals surface area (Å²) in [5.41, 5.74) is 1.22. The van der Waals surface area contributed by atoms with Crippen molar-refractivity contribution in [1.29, 1.82) is 0 Å². The molecule has 0 bridgehead atoms. The third-order valence-corrected chi connectivity index (χ3v) is 3.11. The molecular weight excluding hydrogens is 303 g/mol. The molecule has 0 fully saturated rings. The van der Waals surface area contributed by atoms with Gasteiger partial charge in [0.1, 0.15) is 5.82 Å². The number of ether oxygens (including phenoxy) is 1. The summed E-state index contributed by atoms with van der Waals surface area (Å²) < 4.78 is 18.5. The second-order valence-corrected chi connectivity index (χ2v) is 4.98. The van der Waals surface area contributed by atoms with Crippen molar-refractivity contribution < 1.29 is 18.8 Å². The van der Waals surface area contributed by atoms with Gasteiger partial charge in [0.05, 0.1) is 4.92 Å². The summed E-state index contributed by atoms with van der Waals surface area (Å²) in [5.74, 6) is -1.47. The number of halogens is 1. The van der Waals surface area contributed by atoms with Crippen LogP contribution in [0, 0.1) is 22.9 Å². The number of benzene rings is 2. The molecular formula is C16H15FN2O4. The number of nitro groups is 1. The van der Waals surface area contributed by atoms with Gasteiger partial charge in [-0.1, -0.05) is 17.7 Å². The lowest BCUT2D eigenvalue weighted by Gasteiger charge is -2.15. The van der Waals surface area contributed by atoms with Gasteiger partial charge in [0, 0.05) is 17.8 Å². The number of rotatable bonds is 5. The molecule has 1 N–H and O–H groups in total. The number of hydrogen-bond acceptors (Lipinski definition) is 4. The number of carbonyl (C=O) groups excluding carboxylic acids is 1. The highest BCUT2D eigenvalue weighted by atomic mass is 19.1. The van der Waals surface area contributed by atoms with Crippen molar-refractivity contribution in [2.45, 2.75) is 20.0 Å². The number of nitrogens with zero attached hydrogens (tertiary/aromatic N) is 1. The maximum atomic E-state index is 13.2. The molecule has 7 heteroatoms. The zero-order valence-electron chi connectivity index (χ0n) is 12.6. The smallest absolute Gasteiger partial charge is 0.311 e. The zero-order valence-corrected chi connectivity index (χ0v) is 12.6. The Morgan fingerprint density at radius 1 is 1.26 bits per heavy atom. The molecule has 23 heavy (non-hydrogen) atoms. The van der Waals surface area contributed by atoms with Crippen LogP contribution in [0.1, 0.15) is 12.5 Å². The van der Waals surface area contributed by atoms with Crippen molar-refractivity contribution in [2.75, 3.05) is 5.32 Å². The van der Waals surface area contributed by atoms with Gasteiger partial charge in [0.25, 0.3) is 5.91 Å². The third-order valence-electron chi connectivity index (χ3n) is 3.11. The monoisotopic (exact) mass is 318 g/mol. The number of nitrogens with one attached hydrogen (secondary N) is 1. The predicted octanol–water partition coefficient (Wildman–Crippen LogP) is 3.45. The maximum Gasteiger partial charge on any atom is 0.311 e. The summed E-state index contributed by atoms with van der Waals surface area (Å²) in [4.78, 5) is 22.3. The minimum atomic E-state index is -1.03. The Hall–Kier alpha value is -2.96. The summed E-state index contributed by atoms with van der Waals surface area (Å²) >= 11 is 0. The number of nitro benzene ring substituents is 1. The van der Waals surface area contributed by atoms with Gasteiger partial charge in [-0.3, -0.25) is 14.9 Å². The second kappa shape index (κ2) is 6.87. The molecule has 2 aromatic rings. The fraction of sp³-hybridized carbons (Fsp3) is 0.188. The van der Waals surface area contributed by atoms with Crippen LogP contribution in [0.3, 0.4) is 0 Å². The molecule has 0 unspecified atom stereocenters. The average molecular weight is 318 g/mol. The summed E-state index contributed by atoms with van der Waals surface area (Å²) in [5, 5.41) is 13.5. The molecule has 1 atom stereocenters. The quantitative estimate of drug-likeness (QED) is 0.676. The van der Waals surface area contributed by atoms with Crippen LogP contribution in [0.5, 0.6) is 5.75 Å². The van der Waals surface area contributed by atoms with E-state index in [-0.39, 0.29) is 5.75 Å². The van der Waals surface area contributed by atoms with Crippen LogP contribution in [-0.4, -0.2) is 16.9 Å². The zero-order chi connectivity index (χ0) is 17.0. The van der Waals surface area contributed by atoms with Gasteiger partial charge in [-0.2, -0.15) is 0 Å². The summed E-state index contributed by atoms with van der Waals surface area (Å²) in [6.07, 6.45) is -1.03. The Morgan fingerprint density at radius 3 is 2.52 bits per heavy atom. The van der Waals surface area contributed by atoms with Crippen LogP contribution >= 0.6 is 0 Å². The van der Waals surface area contributed by atoms with Gasteiger partial charge < -0.3 is 10.1 Å². The van der Waals surface area contributed by atoms with Crippen LogP contribution in [-0.2, 0) is 4.79 Å². The molecule has 0 spiro atoms. The molecule has 1 amide bonds. The molecule has 0 aliphatic rings. The van der Waals surface area contributed by atoms with E-state index in [2.05, 4.69) is 5.32 Å². The van der Waals surface area contributed by atoms with E-state index in [1.54, 1.807) is 12.1 Å². The van der Waals surface area contributed by atoms with E-state index in [9.17, 15) is 19.3 Å². The molecule has 0 saturated heterocycles. The highest BCUT2D eigenvalue weighted by Crippen LogP contribution is 2.28. The lowest BCUT2D eigenvalue weighted by atomic mass is 10.2. The van der Waals surface area contributed by atoms with Crippen LogP contribution in [0.15, 0.2) is 42.5 Å². The molecule has 0 aliphatic carbocycles. The highest BCUT2D eigenvalue weighted by molar-refractivity contribution is 5.94. The minimum absolute atomic E-state index is 0.290. The second-order valence-electron chi connectivity index (χ2n) is 4.98. The Balaban J connectivity index is 2.10. The van der Waals surface area contributed by atoms with Crippen molar-refractivity contribution in [1.82, 2.24) is 0 Å². The van der Waals surface area contributed by atoms with Crippen molar-refractivity contribution in [2.24, 2.45) is 0 Å². The van der Waals surface area contributed by atoms with Crippen molar-refractivity contribution in [3.05, 3.63) is 64.0 Å². The van der Waals surface area contributed by atoms with Gasteiger partial charge in [0.2, 0.25) is 5.75 Å². The SMILES string of the molecule is Cc1ccc(NC(=O)[C@@H](C)Oc2cc(F)ccc2[N+](=O)[O-])cc1. The lowest BCUT2D eigenvalue weighted by Crippen LogP contribution is -2.30. The molecule has 0 radical (unpaired) electrons. The Kier molecular flexibility index (Phi) is 4.90. The largest absolute Gasteiger partial charge is 0.474 e. The molecule has 2 rings (SSSR count). The minimum Gasteiger partial charge on any atom is -0.474 e. The first-order chi connectivity index (χ1) is 10.9. The first-order valence-corrected chi connectivity index (χ1v) is 6.85. The van der Waals surface area contributed by atoms with Crippen LogP contribution in [0.2, 0.25) is 0 Å². The van der Waals surface area contributed by atoms with Crippen LogP contribution in [0.4, 0.5) is 15.8 Å². The normalized spacial score (nSPS) is 11.6. The standard InChI is InChI=1S/C16H15FN2O4/c1-10-3-6-13(7-4-10)18-16(20)11(2)23-15-9-12(17)5-8-14(15)19(21)22/h3-9,11H,1-2H3,(H,18,20)/t11-/m1/s1. The number of carbonyl (C=O) groups is 1. The van der Waals surface area contributed by atoms with Gasteiger partial charge in [-0.25, -0.2) is 4.39 Å². The maximum absolute atomic E-state index is 13.2. The van der Waals surface area contributed by atoms with Gasteiger partial charge in [-0.15, -0.1) is 0 Å². The summed E-state index contributed by atoms with van der Waals surface area (Å²) in [6, 6.07) is 9.96. The lowest BCUT2D eigenvalue weighted by molar-refractivity contribution is -0.386. The first kappa shape index (κ1) is 16.4. The fourth-order valence-electron chi connectivity index (χ4n) is 1.86. The van der Waals surface area contributed by atoms with E-state index in [1.807, 2.05) is 19.1 Å². The van der Waals surface area contributed by atoms with E-state index in [0.717, 1.165) is 23.8 Å². The summed E-state index contributed by atoms with van der Waals surface area (Å²) in [7, 11) is 0. The van der Waals surface area contributed by atoms with Gasteiger partial charge >= 0.3 is 5.69 Å². The van der Waals surface area contributed by atoms with Crippen LogP contribution < -0.4 is 10.1 Å². The first-order valence-electron chi connectivity index (χ1n) is 6.85. The van der Waals surface area contributed by atoms with Crippen molar-refractivity contribution in [3.8, 4) is 5.75 Å². The molecule has 0 aliphatic heterocycles. The highest BCUT2D eigenvalue weighted by Gasteiger charge is 2.21. The van der Waals surface area contributed by atoms with Crippen molar-refractivity contribution in [3.63, 3.8) is 0 Å². The third kappa shape index (κ3) is 4.26. The number of hydrogen-bond donors (Lipinski definition) is 1. The van der Waals surface area contributed by atoms with Gasteiger partial charge in [0.15, 0.2) is 6.10 Å². The van der Waals surface area contributed by atoms with Crippen molar-refractivity contribution >= 4 is 17.3 Å². The molecule has 0 saturated carbocycles. The molecule has 2 aromatic carbocycles. The number of amides is 1. The molecule has 120 valence electrons. The predicted molar refractivity (Wildman–Crippen MR) is 83.0 cm³/mol.